The average Bonchev–Trinajstić information content (AvgIpc) is 2.60. The van der Waals surface area contributed by atoms with E-state index in [9.17, 15) is 0 Å². The van der Waals surface area contributed by atoms with Crippen LogP contribution >= 0.6 is 11.3 Å². The van der Waals surface area contributed by atoms with Crippen LogP contribution in [0.2, 0.25) is 0 Å². The Kier molecular flexibility index (Phi) is 1.91. The summed E-state index contributed by atoms with van der Waals surface area (Å²) < 4.78 is 6.23. The molecule has 0 unspecified atom stereocenters. The number of methoxy groups -OCH3 is 1. The lowest BCUT2D eigenvalue weighted by molar-refractivity contribution is 0.420. The van der Waals surface area contributed by atoms with Crippen molar-refractivity contribution in [3.05, 3.63) is 29.1 Å². The Morgan fingerprint density at radius 3 is 3.00 bits per heavy atom. The Morgan fingerprint density at radius 1 is 1.46 bits per heavy atom. The van der Waals surface area contributed by atoms with Gasteiger partial charge in [0.05, 0.1) is 17.4 Å². The predicted molar refractivity (Wildman–Crippen MR) is 53.1 cm³/mol. The van der Waals surface area contributed by atoms with Crippen molar-refractivity contribution < 1.29 is 4.74 Å². The van der Waals surface area contributed by atoms with Crippen molar-refractivity contribution in [3.63, 3.8) is 0 Å². The Labute approximate surface area is 80.0 Å². The van der Waals surface area contributed by atoms with E-state index in [2.05, 4.69) is 6.07 Å². The number of ether oxygens (including phenoxy) is 1. The van der Waals surface area contributed by atoms with Gasteiger partial charge in [-0.1, -0.05) is 12.1 Å². The molecule has 0 amide bonds. The molecule has 1 aromatic heterocycles. The molecule has 0 N–H and O–H groups in total. The molecule has 0 spiro atoms. The first-order chi connectivity index (χ1) is 6.36. The zero-order chi connectivity index (χ0) is 9.26. The van der Waals surface area contributed by atoms with Crippen LogP contribution in [0.15, 0.2) is 23.6 Å². The van der Waals surface area contributed by atoms with E-state index < -0.39 is 0 Å². The summed E-state index contributed by atoms with van der Waals surface area (Å²) >= 11 is 1.54. The van der Waals surface area contributed by atoms with E-state index in [0.717, 1.165) is 21.4 Å². The second-order valence-corrected chi connectivity index (χ2v) is 3.48. The smallest absolute Gasteiger partial charge is 0.136 e. The van der Waals surface area contributed by atoms with Gasteiger partial charge in [0.25, 0.3) is 0 Å². The number of benzene rings is 1. The summed E-state index contributed by atoms with van der Waals surface area (Å²) in [5.74, 6) is 0.837. The van der Waals surface area contributed by atoms with Crippen LogP contribution in [0, 0.1) is 11.3 Å². The Morgan fingerprint density at radius 2 is 2.31 bits per heavy atom. The van der Waals surface area contributed by atoms with Crippen LogP contribution in [0.3, 0.4) is 0 Å². The minimum absolute atomic E-state index is 0.721. The van der Waals surface area contributed by atoms with E-state index in [0.29, 0.717) is 0 Å². The maximum absolute atomic E-state index is 8.80. The molecular formula is C10H7NOS. The van der Waals surface area contributed by atoms with E-state index in [1.165, 1.54) is 0 Å². The lowest BCUT2D eigenvalue weighted by Crippen LogP contribution is -1.81. The van der Waals surface area contributed by atoms with Crippen molar-refractivity contribution in [2.45, 2.75) is 0 Å². The number of nitrogens with zero attached hydrogens (tertiary/aromatic N) is 1. The van der Waals surface area contributed by atoms with Crippen molar-refractivity contribution in [2.75, 3.05) is 7.11 Å². The van der Waals surface area contributed by atoms with Crippen LogP contribution in [0.5, 0.6) is 5.75 Å². The van der Waals surface area contributed by atoms with E-state index in [1.807, 2.05) is 23.6 Å². The summed E-state index contributed by atoms with van der Waals surface area (Å²) in [6.45, 7) is 0. The second kappa shape index (κ2) is 3.08. The highest BCUT2D eigenvalue weighted by molar-refractivity contribution is 7.17. The van der Waals surface area contributed by atoms with Crippen LogP contribution in [0.25, 0.3) is 10.1 Å². The maximum Gasteiger partial charge on any atom is 0.136 e. The van der Waals surface area contributed by atoms with E-state index >= 15 is 0 Å². The first-order valence-electron chi connectivity index (χ1n) is 3.81. The standard InChI is InChI=1S/C10H7NOS/c1-12-9-4-2-3-8-7(5-11)6-13-10(8)9/h2-4,6H,1H3. The molecule has 2 nitrogen and oxygen atoms in total. The highest BCUT2D eigenvalue weighted by Gasteiger charge is 2.06. The molecule has 2 aromatic rings. The molecule has 0 fully saturated rings. The summed E-state index contributed by atoms with van der Waals surface area (Å²) in [4.78, 5) is 0. The number of thiophene rings is 1. The van der Waals surface area contributed by atoms with Gasteiger partial charge in [-0.3, -0.25) is 0 Å². The van der Waals surface area contributed by atoms with E-state index in [4.69, 9.17) is 10.00 Å². The van der Waals surface area contributed by atoms with Gasteiger partial charge >= 0.3 is 0 Å². The molecule has 0 aliphatic carbocycles. The third-order valence-corrected chi connectivity index (χ3v) is 2.91. The summed E-state index contributed by atoms with van der Waals surface area (Å²) in [5, 5.41) is 11.6. The van der Waals surface area contributed by atoms with Gasteiger partial charge in [-0.05, 0) is 6.07 Å². The molecule has 0 aliphatic heterocycles. The zero-order valence-electron chi connectivity index (χ0n) is 7.07. The monoisotopic (exact) mass is 189 g/mol. The average molecular weight is 189 g/mol. The van der Waals surface area contributed by atoms with Crippen molar-refractivity contribution in [1.29, 1.82) is 5.26 Å². The molecule has 3 heteroatoms. The van der Waals surface area contributed by atoms with E-state index in [-0.39, 0.29) is 0 Å². The van der Waals surface area contributed by atoms with Gasteiger partial charge in [0.2, 0.25) is 0 Å². The van der Waals surface area contributed by atoms with Crippen LogP contribution in [0.4, 0.5) is 0 Å². The largest absolute Gasteiger partial charge is 0.495 e. The number of rotatable bonds is 1. The van der Waals surface area contributed by atoms with Crippen LogP contribution in [-0.4, -0.2) is 7.11 Å². The maximum atomic E-state index is 8.80. The first kappa shape index (κ1) is 8.09. The molecule has 0 saturated carbocycles. The SMILES string of the molecule is COc1cccc2c(C#N)csc12. The molecule has 13 heavy (non-hydrogen) atoms. The van der Waals surface area contributed by atoms with Gasteiger partial charge in [0.1, 0.15) is 11.8 Å². The molecule has 1 aromatic carbocycles. The number of nitriles is 1. The summed E-state index contributed by atoms with van der Waals surface area (Å²) in [6, 6.07) is 7.89. The highest BCUT2D eigenvalue weighted by atomic mass is 32.1. The Hall–Kier alpha value is -1.53. The Balaban J connectivity index is 2.81. The van der Waals surface area contributed by atoms with Gasteiger partial charge in [-0.25, -0.2) is 0 Å². The summed E-state index contributed by atoms with van der Waals surface area (Å²) in [6.07, 6.45) is 0. The molecule has 1 heterocycles. The minimum atomic E-state index is 0.721. The topological polar surface area (TPSA) is 33.0 Å². The summed E-state index contributed by atoms with van der Waals surface area (Å²) in [7, 11) is 1.64. The van der Waals surface area contributed by atoms with Crippen LogP contribution in [0.1, 0.15) is 5.56 Å². The van der Waals surface area contributed by atoms with Gasteiger partial charge in [0, 0.05) is 10.8 Å². The fourth-order valence-electron chi connectivity index (χ4n) is 1.28. The predicted octanol–water partition coefficient (Wildman–Crippen LogP) is 2.78. The fraction of sp³-hybridized carbons (Fsp3) is 0.100. The first-order valence-corrected chi connectivity index (χ1v) is 4.69. The van der Waals surface area contributed by atoms with Crippen LogP contribution in [-0.2, 0) is 0 Å². The molecule has 64 valence electrons. The zero-order valence-corrected chi connectivity index (χ0v) is 7.89. The summed E-state index contributed by atoms with van der Waals surface area (Å²) in [5.41, 5.74) is 0.721. The number of hydrogen-bond acceptors (Lipinski definition) is 3. The minimum Gasteiger partial charge on any atom is -0.495 e. The lowest BCUT2D eigenvalue weighted by Gasteiger charge is -1.99. The van der Waals surface area contributed by atoms with Crippen molar-refractivity contribution in [1.82, 2.24) is 0 Å². The van der Waals surface area contributed by atoms with Gasteiger partial charge in [0.15, 0.2) is 0 Å². The fourth-order valence-corrected chi connectivity index (χ4v) is 2.27. The lowest BCUT2D eigenvalue weighted by atomic mass is 10.2. The highest BCUT2D eigenvalue weighted by Crippen LogP contribution is 2.32. The van der Waals surface area contributed by atoms with Crippen molar-refractivity contribution in [3.8, 4) is 11.8 Å². The normalized spacial score (nSPS) is 9.85. The molecule has 2 rings (SSSR count). The molecule has 0 saturated heterocycles. The quantitative estimate of drug-likeness (QED) is 0.691. The molecule has 0 aliphatic rings. The van der Waals surface area contributed by atoms with Crippen molar-refractivity contribution in [2.24, 2.45) is 0 Å². The van der Waals surface area contributed by atoms with Gasteiger partial charge < -0.3 is 4.74 Å². The molecule has 0 bridgehead atoms. The Bertz CT molecular complexity index is 481. The number of fused-ring (bicyclic) bond motifs is 1. The van der Waals surface area contributed by atoms with Crippen molar-refractivity contribution >= 4 is 21.4 Å². The third kappa shape index (κ3) is 1.16. The van der Waals surface area contributed by atoms with E-state index in [1.54, 1.807) is 18.4 Å². The molecule has 0 atom stereocenters. The second-order valence-electron chi connectivity index (χ2n) is 2.60. The van der Waals surface area contributed by atoms with Gasteiger partial charge in [-0.2, -0.15) is 5.26 Å². The molecule has 0 radical (unpaired) electrons. The number of hydrogen-bond donors (Lipinski definition) is 0. The third-order valence-electron chi connectivity index (χ3n) is 1.90. The molecular weight excluding hydrogens is 182 g/mol. The van der Waals surface area contributed by atoms with Gasteiger partial charge in [-0.15, -0.1) is 11.3 Å². The van der Waals surface area contributed by atoms with Crippen LogP contribution < -0.4 is 4.74 Å².